The average molecular weight is 412 g/mol. The second-order valence-corrected chi connectivity index (χ2v) is 7.49. The lowest BCUT2D eigenvalue weighted by Gasteiger charge is -2.24. The number of aromatic hydroxyl groups is 1. The van der Waals surface area contributed by atoms with E-state index in [9.17, 15) is 9.90 Å². The summed E-state index contributed by atoms with van der Waals surface area (Å²) < 4.78 is 22.1. The highest BCUT2D eigenvalue weighted by Gasteiger charge is 2.34. The van der Waals surface area contributed by atoms with Crippen molar-refractivity contribution in [3.8, 4) is 23.0 Å². The van der Waals surface area contributed by atoms with E-state index in [1.807, 2.05) is 13.0 Å². The zero-order valence-corrected chi connectivity index (χ0v) is 17.4. The van der Waals surface area contributed by atoms with E-state index >= 15 is 0 Å². The minimum absolute atomic E-state index is 0.158. The van der Waals surface area contributed by atoms with Crippen LogP contribution in [-0.4, -0.2) is 51.4 Å². The number of fused-ring (bicyclic) bond motifs is 1. The number of methoxy groups -OCH3 is 2. The molecule has 0 saturated carbocycles. The van der Waals surface area contributed by atoms with Gasteiger partial charge in [0.15, 0.2) is 23.0 Å². The van der Waals surface area contributed by atoms with Crippen molar-refractivity contribution < 1.29 is 33.7 Å². The summed E-state index contributed by atoms with van der Waals surface area (Å²) in [6, 6.07) is 7.04. The first-order valence-electron chi connectivity index (χ1n) is 9.95. The molecule has 30 heavy (non-hydrogen) atoms. The number of carbonyl (C=O) groups excluding carboxylic acids is 1. The van der Waals surface area contributed by atoms with Gasteiger partial charge in [0.05, 0.1) is 38.6 Å². The minimum atomic E-state index is -0.185. The minimum Gasteiger partial charge on any atom is -0.507 e. The Morgan fingerprint density at radius 3 is 2.57 bits per heavy atom. The summed E-state index contributed by atoms with van der Waals surface area (Å²) in [6.45, 7) is 5.47. The second-order valence-electron chi connectivity index (χ2n) is 7.49. The van der Waals surface area contributed by atoms with Crippen LogP contribution in [0.4, 0.5) is 0 Å². The van der Waals surface area contributed by atoms with Crippen LogP contribution >= 0.6 is 0 Å². The number of benzene rings is 2. The Hall–Kier alpha value is -3.03. The lowest BCUT2D eigenvalue weighted by molar-refractivity contribution is -0.921. The summed E-state index contributed by atoms with van der Waals surface area (Å²) in [5.74, 6) is 1.84. The first-order chi connectivity index (χ1) is 14.5. The van der Waals surface area contributed by atoms with Crippen molar-refractivity contribution in [2.75, 3.05) is 40.5 Å². The number of phenols is 1. The number of Topliss-reactive ketones (excluding diaryl/α,β-unsaturated/α-hetero) is 1. The van der Waals surface area contributed by atoms with E-state index in [-0.39, 0.29) is 17.3 Å². The number of rotatable bonds is 5. The molecule has 2 aromatic rings. The summed E-state index contributed by atoms with van der Waals surface area (Å²) in [5.41, 5.74) is 2.63. The summed E-state index contributed by atoms with van der Waals surface area (Å²) in [6.07, 6.45) is 1.69. The largest absolute Gasteiger partial charge is 0.507 e. The maximum Gasteiger partial charge on any atom is 0.232 e. The van der Waals surface area contributed by atoms with Gasteiger partial charge in [-0.3, -0.25) is 4.79 Å². The smallest absolute Gasteiger partial charge is 0.232 e. The van der Waals surface area contributed by atoms with E-state index in [1.165, 1.54) is 4.90 Å². The van der Waals surface area contributed by atoms with E-state index in [4.69, 9.17) is 18.9 Å². The first-order valence-corrected chi connectivity index (χ1v) is 9.95. The number of ether oxygens (including phenoxy) is 4. The Balaban J connectivity index is 1.69. The molecule has 2 aliphatic rings. The molecule has 1 saturated heterocycles. The quantitative estimate of drug-likeness (QED) is 0.729. The third kappa shape index (κ3) is 3.74. The van der Waals surface area contributed by atoms with Crippen molar-refractivity contribution in [2.45, 2.75) is 13.5 Å². The highest BCUT2D eigenvalue weighted by Crippen LogP contribution is 2.41. The number of nitrogens with one attached hydrogen (secondary N) is 1. The maximum absolute atomic E-state index is 13.1. The van der Waals surface area contributed by atoms with Crippen LogP contribution in [0.3, 0.4) is 0 Å². The predicted octanol–water partition coefficient (Wildman–Crippen LogP) is 1.75. The lowest BCUT2D eigenvalue weighted by atomic mass is 9.99. The molecule has 0 amide bonds. The molecule has 2 aliphatic heterocycles. The van der Waals surface area contributed by atoms with Crippen LogP contribution in [0.2, 0.25) is 0 Å². The van der Waals surface area contributed by atoms with Crippen molar-refractivity contribution >= 4 is 11.9 Å². The molecule has 0 aromatic heterocycles. The Morgan fingerprint density at radius 2 is 1.87 bits per heavy atom. The fourth-order valence-electron chi connectivity index (χ4n) is 3.93. The van der Waals surface area contributed by atoms with Crippen molar-refractivity contribution in [3.05, 3.63) is 52.3 Å². The molecule has 0 atom stereocenters. The average Bonchev–Trinajstić information content (AvgIpc) is 3.08. The molecular formula is C23H26NO6+. The van der Waals surface area contributed by atoms with Crippen LogP contribution in [0.5, 0.6) is 23.0 Å². The maximum atomic E-state index is 13.1. The Kier molecular flexibility index (Phi) is 5.65. The molecule has 2 N–H and O–H groups in total. The fourth-order valence-corrected chi connectivity index (χ4v) is 3.93. The summed E-state index contributed by atoms with van der Waals surface area (Å²) in [7, 11) is 3.14. The van der Waals surface area contributed by atoms with E-state index in [0.717, 1.165) is 18.7 Å². The third-order valence-corrected chi connectivity index (χ3v) is 5.55. The number of carbonyl (C=O) groups is 1. The Morgan fingerprint density at radius 1 is 1.13 bits per heavy atom. The fraction of sp³-hybridized carbons (Fsp3) is 0.348. The molecule has 0 radical (unpaired) electrons. The van der Waals surface area contributed by atoms with Crippen LogP contribution in [0.15, 0.2) is 30.0 Å². The van der Waals surface area contributed by atoms with Gasteiger partial charge in [-0.05, 0) is 42.3 Å². The zero-order chi connectivity index (χ0) is 21.3. The van der Waals surface area contributed by atoms with E-state index in [1.54, 1.807) is 38.5 Å². The number of phenolic OH excluding ortho intramolecular Hbond substituents is 1. The number of hydrogen-bond donors (Lipinski definition) is 2. The predicted molar refractivity (Wildman–Crippen MR) is 111 cm³/mol. The number of quaternary nitrogens is 1. The summed E-state index contributed by atoms with van der Waals surface area (Å²) in [4.78, 5) is 14.4. The lowest BCUT2D eigenvalue weighted by Crippen LogP contribution is -3.12. The van der Waals surface area contributed by atoms with E-state index in [0.29, 0.717) is 53.7 Å². The van der Waals surface area contributed by atoms with Crippen molar-refractivity contribution in [1.29, 1.82) is 0 Å². The molecule has 2 heterocycles. The van der Waals surface area contributed by atoms with Gasteiger partial charge in [-0.15, -0.1) is 0 Å². The molecule has 7 nitrogen and oxygen atoms in total. The van der Waals surface area contributed by atoms with Gasteiger partial charge in [0.1, 0.15) is 25.4 Å². The topological polar surface area (TPSA) is 78.7 Å². The summed E-state index contributed by atoms with van der Waals surface area (Å²) in [5, 5.41) is 10.6. The Labute approximate surface area is 175 Å². The standard InChI is InChI=1S/C23H25NO6/c1-14-10-17(25)16(13-24-6-8-29-9-7-24)23-21(14)22(26)20(30-23)12-15-4-5-18(27-2)19(11-15)28-3/h4-5,10-12,25H,6-9,13H2,1-3H3/p+1/b20-12-. The monoisotopic (exact) mass is 412 g/mol. The van der Waals surface area contributed by atoms with Gasteiger partial charge in [-0.2, -0.15) is 0 Å². The number of hydrogen-bond acceptors (Lipinski definition) is 6. The van der Waals surface area contributed by atoms with Gasteiger partial charge in [-0.25, -0.2) is 0 Å². The molecule has 0 bridgehead atoms. The van der Waals surface area contributed by atoms with Crippen molar-refractivity contribution in [1.82, 2.24) is 0 Å². The van der Waals surface area contributed by atoms with Crippen LogP contribution in [0, 0.1) is 6.92 Å². The SMILES string of the molecule is COc1ccc(/C=C2\Oc3c(C[NH+]4CCOCC4)c(O)cc(C)c3C2=O)cc1OC. The number of allylic oxidation sites excluding steroid dienone is 1. The second kappa shape index (κ2) is 8.38. The highest BCUT2D eigenvalue weighted by molar-refractivity contribution is 6.15. The van der Waals surface area contributed by atoms with Crippen LogP contribution in [-0.2, 0) is 11.3 Å². The van der Waals surface area contributed by atoms with Crippen LogP contribution in [0.25, 0.3) is 6.08 Å². The molecule has 0 spiro atoms. The Bertz CT molecular complexity index is 1010. The van der Waals surface area contributed by atoms with Crippen LogP contribution in [0.1, 0.15) is 27.0 Å². The van der Waals surface area contributed by atoms with Crippen LogP contribution < -0.4 is 19.1 Å². The molecule has 7 heteroatoms. The van der Waals surface area contributed by atoms with E-state index < -0.39 is 0 Å². The molecule has 158 valence electrons. The molecule has 4 rings (SSSR count). The molecule has 1 fully saturated rings. The van der Waals surface area contributed by atoms with E-state index in [2.05, 4.69) is 0 Å². The zero-order valence-electron chi connectivity index (χ0n) is 17.4. The molecule has 0 aliphatic carbocycles. The molecular weight excluding hydrogens is 386 g/mol. The van der Waals surface area contributed by atoms with Gasteiger partial charge in [0.25, 0.3) is 0 Å². The molecule has 0 unspecified atom stereocenters. The number of morpholine rings is 1. The van der Waals surface area contributed by atoms with Gasteiger partial charge < -0.3 is 29.0 Å². The van der Waals surface area contributed by atoms with Crippen molar-refractivity contribution in [2.24, 2.45) is 0 Å². The van der Waals surface area contributed by atoms with Crippen molar-refractivity contribution in [3.63, 3.8) is 0 Å². The van der Waals surface area contributed by atoms with Gasteiger partial charge in [-0.1, -0.05) is 6.07 Å². The first kappa shape index (κ1) is 20.3. The summed E-state index contributed by atoms with van der Waals surface area (Å²) >= 11 is 0. The van der Waals surface area contributed by atoms with Gasteiger partial charge in [0.2, 0.25) is 5.78 Å². The third-order valence-electron chi connectivity index (χ3n) is 5.55. The normalized spacial score (nSPS) is 17.7. The van der Waals surface area contributed by atoms with Gasteiger partial charge in [0, 0.05) is 0 Å². The molecule has 2 aromatic carbocycles. The number of aryl methyl sites for hydroxylation is 1. The highest BCUT2D eigenvalue weighted by atomic mass is 16.5. The number of ketones is 1. The van der Waals surface area contributed by atoms with Gasteiger partial charge >= 0.3 is 0 Å².